The number of carbonyl (C=O) groups excluding carboxylic acids is 2. The van der Waals surface area contributed by atoms with Gasteiger partial charge in [0.15, 0.2) is 6.29 Å². The minimum Gasteiger partial charge on any atom is -0.392 e. The van der Waals surface area contributed by atoms with Crippen LogP contribution in [-0.4, -0.2) is 76.3 Å². The van der Waals surface area contributed by atoms with E-state index in [1.807, 2.05) is 97.1 Å². The number of nitrogens with zero attached hydrogens (tertiary/aromatic N) is 2. The molecule has 3 fully saturated rings. The lowest BCUT2D eigenvalue weighted by Crippen LogP contribution is -2.50. The van der Waals surface area contributed by atoms with Gasteiger partial charge < -0.3 is 34.8 Å². The van der Waals surface area contributed by atoms with Crippen molar-refractivity contribution >= 4 is 23.4 Å². The number of rotatable bonds is 10. The second-order valence-corrected chi connectivity index (χ2v) is 15.8. The Balaban J connectivity index is 1.03. The predicted molar refractivity (Wildman–Crippen MR) is 209 cm³/mol. The van der Waals surface area contributed by atoms with Crippen LogP contribution in [0.5, 0.6) is 0 Å². The van der Waals surface area contributed by atoms with Crippen molar-refractivity contribution < 1.29 is 42.4 Å². The van der Waals surface area contributed by atoms with Crippen molar-refractivity contribution in [3.05, 3.63) is 130 Å². The number of nitrogens with one attached hydrogen (secondary N) is 1. The van der Waals surface area contributed by atoms with E-state index in [-0.39, 0.29) is 44.2 Å². The van der Waals surface area contributed by atoms with Crippen LogP contribution in [-0.2, 0) is 37.8 Å². The van der Waals surface area contributed by atoms with Crippen LogP contribution in [0, 0.1) is 5.92 Å². The van der Waals surface area contributed by atoms with Gasteiger partial charge >= 0.3 is 12.1 Å². The Morgan fingerprint density at radius 3 is 2.23 bits per heavy atom. The van der Waals surface area contributed by atoms with Crippen LogP contribution in [0.15, 0.2) is 97.1 Å². The zero-order valence-corrected chi connectivity index (χ0v) is 32.4. The van der Waals surface area contributed by atoms with Crippen molar-refractivity contribution in [1.29, 1.82) is 0 Å². The van der Waals surface area contributed by atoms with Gasteiger partial charge in [-0.2, -0.15) is 13.2 Å². The van der Waals surface area contributed by atoms with Crippen molar-refractivity contribution in [2.24, 2.45) is 5.92 Å². The average molecular weight is 806 g/mol. The van der Waals surface area contributed by atoms with Gasteiger partial charge in [0.1, 0.15) is 6.04 Å². The summed E-state index contributed by atoms with van der Waals surface area (Å²) in [5.41, 5.74) is 5.13. The lowest BCUT2D eigenvalue weighted by Gasteiger charge is -2.45. The second-order valence-electron chi connectivity index (χ2n) is 15.4. The smallest absolute Gasteiger partial charge is 0.392 e. The van der Waals surface area contributed by atoms with Crippen LogP contribution in [0.1, 0.15) is 72.8 Å². The number of alkyl halides is 3. The zero-order chi connectivity index (χ0) is 40.3. The van der Waals surface area contributed by atoms with Gasteiger partial charge in [0.05, 0.1) is 24.4 Å². The Kier molecular flexibility index (Phi) is 12.4. The summed E-state index contributed by atoms with van der Waals surface area (Å²) >= 11 is 6.10. The Morgan fingerprint density at radius 1 is 0.877 bits per heavy atom. The molecule has 0 aromatic heterocycles. The van der Waals surface area contributed by atoms with Gasteiger partial charge in [-0.25, -0.2) is 0 Å². The molecule has 0 bridgehead atoms. The lowest BCUT2D eigenvalue weighted by molar-refractivity contribution is -0.277. The van der Waals surface area contributed by atoms with E-state index < -0.39 is 35.9 Å². The zero-order valence-electron chi connectivity index (χ0n) is 31.6. The molecule has 57 heavy (non-hydrogen) atoms. The molecule has 2 amide bonds. The average Bonchev–Trinajstić information content (AvgIpc) is 3.71. The predicted octanol–water partition coefficient (Wildman–Crippen LogP) is 7.44. The minimum atomic E-state index is -5.03. The third-order valence-corrected chi connectivity index (χ3v) is 11.8. The normalized spacial score (nSPS) is 24.0. The van der Waals surface area contributed by atoms with E-state index in [1.54, 1.807) is 0 Å². The molecular weight excluding hydrogens is 759 g/mol. The van der Waals surface area contributed by atoms with E-state index in [1.165, 1.54) is 0 Å². The van der Waals surface area contributed by atoms with Gasteiger partial charge in [-0.3, -0.25) is 9.59 Å². The molecule has 302 valence electrons. The van der Waals surface area contributed by atoms with E-state index in [0.717, 1.165) is 38.9 Å². The summed E-state index contributed by atoms with van der Waals surface area (Å²) < 4.78 is 52.6. The SMILES string of the molecule is CC1C(CN2CCC(O)(c3ccc(Cl)cc3)CC2)OC(c2ccc(-c3cccc(CNC(=O)C4CCCN4C(=O)C(F)(F)F)c3)cc2)OC1c1ccc(CO)cc1. The molecule has 9 nitrogen and oxygen atoms in total. The van der Waals surface area contributed by atoms with Crippen LogP contribution < -0.4 is 5.32 Å². The summed E-state index contributed by atoms with van der Waals surface area (Å²) in [5, 5.41) is 24.5. The van der Waals surface area contributed by atoms with Gasteiger partial charge in [0.2, 0.25) is 5.91 Å². The molecule has 3 saturated heterocycles. The van der Waals surface area contributed by atoms with E-state index in [2.05, 4.69) is 17.1 Å². The largest absolute Gasteiger partial charge is 0.471 e. The first kappa shape index (κ1) is 40.9. The molecular formula is C44H47ClF3N3O6. The van der Waals surface area contributed by atoms with Gasteiger partial charge in [0.25, 0.3) is 0 Å². The first-order valence-corrected chi connectivity index (χ1v) is 19.8. The molecule has 3 aliphatic heterocycles. The van der Waals surface area contributed by atoms with Crippen molar-refractivity contribution in [3.63, 3.8) is 0 Å². The third-order valence-electron chi connectivity index (χ3n) is 11.6. The molecule has 0 saturated carbocycles. The Labute approximate surface area is 335 Å². The highest BCUT2D eigenvalue weighted by Crippen LogP contribution is 2.43. The summed E-state index contributed by atoms with van der Waals surface area (Å²) in [6.45, 7) is 4.11. The number of benzene rings is 4. The molecule has 5 unspecified atom stereocenters. The molecule has 13 heteroatoms. The molecule has 0 spiro atoms. The highest BCUT2D eigenvalue weighted by atomic mass is 35.5. The Morgan fingerprint density at radius 2 is 1.56 bits per heavy atom. The maximum Gasteiger partial charge on any atom is 0.471 e. The quantitative estimate of drug-likeness (QED) is 0.153. The summed E-state index contributed by atoms with van der Waals surface area (Å²) in [6, 6.07) is 29.4. The van der Waals surface area contributed by atoms with Crippen molar-refractivity contribution in [2.45, 2.75) is 82.1 Å². The summed E-state index contributed by atoms with van der Waals surface area (Å²) in [6.07, 6.45) is -4.50. The number of hydrogen-bond donors (Lipinski definition) is 3. The van der Waals surface area contributed by atoms with Gasteiger partial charge in [-0.1, -0.05) is 97.4 Å². The molecule has 7 rings (SSSR count). The lowest BCUT2D eigenvalue weighted by atomic mass is 9.84. The number of hydrogen-bond acceptors (Lipinski definition) is 7. The van der Waals surface area contributed by atoms with Gasteiger partial charge in [-0.05, 0) is 77.3 Å². The van der Waals surface area contributed by atoms with Crippen LogP contribution in [0.3, 0.4) is 0 Å². The first-order chi connectivity index (χ1) is 27.3. The highest BCUT2D eigenvalue weighted by molar-refractivity contribution is 6.30. The number of halogens is 4. The summed E-state index contributed by atoms with van der Waals surface area (Å²) in [5.74, 6) is -2.61. The van der Waals surface area contributed by atoms with E-state index in [4.69, 9.17) is 21.1 Å². The molecule has 5 atom stereocenters. The number of aliphatic hydroxyl groups is 2. The maximum atomic E-state index is 13.1. The third kappa shape index (κ3) is 9.38. The van der Waals surface area contributed by atoms with Crippen LogP contribution in [0.4, 0.5) is 13.2 Å². The fourth-order valence-electron chi connectivity index (χ4n) is 8.18. The fourth-order valence-corrected chi connectivity index (χ4v) is 8.31. The van der Waals surface area contributed by atoms with Crippen LogP contribution in [0.2, 0.25) is 5.02 Å². The number of amides is 2. The summed E-state index contributed by atoms with van der Waals surface area (Å²) in [7, 11) is 0. The number of carbonyl (C=O) groups is 2. The van der Waals surface area contributed by atoms with Gasteiger partial charge in [0, 0.05) is 49.2 Å². The van der Waals surface area contributed by atoms with Crippen LogP contribution >= 0.6 is 11.6 Å². The van der Waals surface area contributed by atoms with Crippen molar-refractivity contribution in [3.8, 4) is 11.1 Å². The van der Waals surface area contributed by atoms with Gasteiger partial charge in [-0.15, -0.1) is 0 Å². The number of piperidine rings is 1. The second kappa shape index (κ2) is 17.3. The molecule has 0 radical (unpaired) electrons. The first-order valence-electron chi connectivity index (χ1n) is 19.4. The Hall–Kier alpha value is -4.30. The fraction of sp³-hybridized carbons (Fsp3) is 0.409. The highest BCUT2D eigenvalue weighted by Gasteiger charge is 2.48. The molecule has 3 aliphatic rings. The van der Waals surface area contributed by atoms with Crippen molar-refractivity contribution in [1.82, 2.24) is 15.1 Å². The molecule has 3 heterocycles. The van der Waals surface area contributed by atoms with E-state index in [0.29, 0.717) is 48.8 Å². The number of aliphatic hydroxyl groups excluding tert-OH is 1. The molecule has 4 aromatic rings. The number of likely N-dealkylation sites (tertiary alicyclic amines) is 2. The standard InChI is InChI=1S/C44H47ClF3N3O6/c1-28-38(26-50-22-19-43(55,20-23-50)35-15-17-36(45)18-16-35)56-41(57-39(28)32-9-7-29(27-52)8-10-32)33-13-11-31(12-14-33)34-5-2-4-30(24-34)25-49-40(53)37-6-3-21-51(37)42(54)44(46,47)48/h2,4-5,7-18,24,28,37-39,41,52,55H,3,6,19-23,25-27H2,1H3,(H,49,53). The maximum absolute atomic E-state index is 13.1. The molecule has 4 aromatic carbocycles. The topological polar surface area (TPSA) is 112 Å². The molecule has 0 aliphatic carbocycles. The number of ether oxygens (including phenoxy) is 2. The summed E-state index contributed by atoms with van der Waals surface area (Å²) in [4.78, 5) is 27.7. The van der Waals surface area contributed by atoms with E-state index >= 15 is 0 Å². The Bertz CT molecular complexity index is 2010. The van der Waals surface area contributed by atoms with Crippen LogP contribution in [0.25, 0.3) is 11.1 Å². The van der Waals surface area contributed by atoms with E-state index in [9.17, 15) is 33.0 Å². The monoisotopic (exact) mass is 805 g/mol. The molecule has 3 N–H and O–H groups in total. The van der Waals surface area contributed by atoms with Crippen molar-refractivity contribution in [2.75, 3.05) is 26.2 Å². The minimum absolute atomic E-state index is 0.0114.